The van der Waals surface area contributed by atoms with Gasteiger partial charge in [0.05, 0.1) is 15.9 Å². The maximum absolute atomic E-state index is 13.3. The molecule has 1 amide bonds. The summed E-state index contributed by atoms with van der Waals surface area (Å²) in [6.07, 6.45) is -2.63. The number of alkyl halides is 3. The number of amides is 1. The number of sulfone groups is 1. The van der Waals surface area contributed by atoms with Gasteiger partial charge < -0.3 is 5.32 Å². The molecule has 1 N–H and O–H groups in total. The molecule has 0 saturated heterocycles. The van der Waals surface area contributed by atoms with Gasteiger partial charge in [-0.05, 0) is 56.7 Å². The van der Waals surface area contributed by atoms with E-state index in [-0.39, 0.29) is 54.0 Å². The summed E-state index contributed by atoms with van der Waals surface area (Å²) >= 11 is 5.90. The van der Waals surface area contributed by atoms with Gasteiger partial charge in [-0.15, -0.1) is 0 Å². The number of nitrogens with one attached hydrogen (secondary N) is 1. The fraction of sp³-hybridized carbons (Fsp3) is 0.588. The van der Waals surface area contributed by atoms with Crippen molar-refractivity contribution in [1.82, 2.24) is 5.32 Å². The minimum atomic E-state index is -4.24. The van der Waals surface area contributed by atoms with E-state index in [1.165, 1.54) is 18.2 Å². The number of halogens is 4. The summed E-state index contributed by atoms with van der Waals surface area (Å²) in [5, 5.41) is 3.03. The highest BCUT2D eigenvalue weighted by Crippen LogP contribution is 2.59. The topological polar surface area (TPSA) is 63.2 Å². The van der Waals surface area contributed by atoms with Gasteiger partial charge in [-0.1, -0.05) is 11.6 Å². The molecule has 144 valence electrons. The number of carbonyl (C=O) groups excluding carboxylic acids is 1. The van der Waals surface area contributed by atoms with Gasteiger partial charge in [0.2, 0.25) is 0 Å². The Bertz CT molecular complexity index is 827. The van der Waals surface area contributed by atoms with E-state index in [1.54, 1.807) is 0 Å². The molecule has 0 aromatic heterocycles. The molecule has 1 aromatic carbocycles. The second-order valence-corrected chi connectivity index (χ2v) is 9.85. The predicted molar refractivity (Wildman–Crippen MR) is 90.9 cm³/mol. The largest absolute Gasteiger partial charge is 0.394 e. The summed E-state index contributed by atoms with van der Waals surface area (Å²) in [4.78, 5) is 12.6. The van der Waals surface area contributed by atoms with Crippen LogP contribution >= 0.6 is 11.6 Å². The molecular formula is C17H19ClF3NO3S. The lowest BCUT2D eigenvalue weighted by atomic mass is 9.57. The van der Waals surface area contributed by atoms with Gasteiger partial charge in [0.15, 0.2) is 9.84 Å². The van der Waals surface area contributed by atoms with E-state index in [0.29, 0.717) is 0 Å². The highest BCUT2D eigenvalue weighted by molar-refractivity contribution is 7.90. The summed E-state index contributed by atoms with van der Waals surface area (Å²) < 4.78 is 63.8. The first-order valence-electron chi connectivity index (χ1n) is 8.27. The van der Waals surface area contributed by atoms with Crippen molar-refractivity contribution in [3.05, 3.63) is 28.8 Å². The van der Waals surface area contributed by atoms with E-state index >= 15 is 0 Å². The summed E-state index contributed by atoms with van der Waals surface area (Å²) in [5.41, 5.74) is -2.44. The molecule has 3 aliphatic carbocycles. The van der Waals surface area contributed by atoms with Gasteiger partial charge in [-0.25, -0.2) is 8.42 Å². The Morgan fingerprint density at radius 2 is 1.65 bits per heavy atom. The van der Waals surface area contributed by atoms with E-state index in [4.69, 9.17) is 11.6 Å². The third-order valence-electron chi connectivity index (χ3n) is 5.81. The molecule has 2 bridgehead atoms. The average Bonchev–Trinajstić information content (AvgIpc) is 2.54. The summed E-state index contributed by atoms with van der Waals surface area (Å²) in [5.74, 6) is -0.616. The van der Waals surface area contributed by atoms with Gasteiger partial charge >= 0.3 is 6.18 Å². The summed E-state index contributed by atoms with van der Waals surface area (Å²) in [6, 6.07) is 3.92. The molecule has 1 aromatic rings. The van der Waals surface area contributed by atoms with Crippen LogP contribution in [0.1, 0.15) is 48.9 Å². The Balaban J connectivity index is 1.84. The third kappa shape index (κ3) is 3.33. The van der Waals surface area contributed by atoms with Crippen LogP contribution in [0.2, 0.25) is 5.02 Å². The Morgan fingerprint density at radius 1 is 1.12 bits per heavy atom. The first-order valence-corrected chi connectivity index (χ1v) is 10.5. The van der Waals surface area contributed by atoms with E-state index < -0.39 is 32.9 Å². The average molecular weight is 410 g/mol. The minimum absolute atomic E-state index is 0.0226. The molecular weight excluding hydrogens is 391 g/mol. The Labute approximate surface area is 155 Å². The molecule has 3 fully saturated rings. The van der Waals surface area contributed by atoms with Crippen LogP contribution in [0.4, 0.5) is 13.2 Å². The molecule has 0 radical (unpaired) electrons. The van der Waals surface area contributed by atoms with Crippen molar-refractivity contribution in [2.24, 2.45) is 5.41 Å². The quantitative estimate of drug-likeness (QED) is 0.816. The zero-order valence-electron chi connectivity index (χ0n) is 14.1. The predicted octanol–water partition coefficient (Wildman–Crippen LogP) is 4.13. The van der Waals surface area contributed by atoms with Gasteiger partial charge in [0.1, 0.15) is 0 Å². The van der Waals surface area contributed by atoms with Crippen molar-refractivity contribution < 1.29 is 26.4 Å². The first kappa shape index (κ1) is 19.5. The number of hydrogen-bond donors (Lipinski definition) is 1. The van der Waals surface area contributed by atoms with Crippen molar-refractivity contribution in [2.45, 2.75) is 55.1 Å². The van der Waals surface area contributed by atoms with Crippen molar-refractivity contribution in [3.63, 3.8) is 0 Å². The molecule has 0 aliphatic heterocycles. The van der Waals surface area contributed by atoms with Gasteiger partial charge in [-0.2, -0.15) is 13.2 Å². The van der Waals surface area contributed by atoms with Gasteiger partial charge in [-0.3, -0.25) is 4.79 Å². The Kier molecular flexibility index (Phi) is 4.59. The number of benzene rings is 1. The van der Waals surface area contributed by atoms with Gasteiger partial charge in [0, 0.05) is 16.8 Å². The second-order valence-electron chi connectivity index (χ2n) is 7.43. The first-order chi connectivity index (χ1) is 11.9. The fourth-order valence-corrected chi connectivity index (χ4v) is 5.15. The highest BCUT2D eigenvalue weighted by atomic mass is 35.5. The normalized spacial score (nSPS) is 28.8. The molecule has 0 unspecified atom stereocenters. The van der Waals surface area contributed by atoms with E-state index in [1.807, 2.05) is 0 Å². The summed E-state index contributed by atoms with van der Waals surface area (Å²) in [6.45, 7) is 0. The monoisotopic (exact) mass is 409 g/mol. The highest BCUT2D eigenvalue weighted by Gasteiger charge is 2.61. The van der Waals surface area contributed by atoms with Crippen LogP contribution in [0.15, 0.2) is 23.1 Å². The zero-order valence-corrected chi connectivity index (χ0v) is 15.7. The minimum Gasteiger partial charge on any atom is -0.347 e. The molecule has 26 heavy (non-hydrogen) atoms. The lowest BCUT2D eigenvalue weighted by Crippen LogP contribution is -2.59. The lowest BCUT2D eigenvalue weighted by Gasteiger charge is -2.53. The maximum Gasteiger partial charge on any atom is 0.394 e. The number of carbonyl (C=O) groups is 1. The fourth-order valence-electron chi connectivity index (χ4n) is 4.11. The standard InChI is InChI=1S/C17H19ClF3NO3S/c1-26(24,25)13-3-2-11(18)10-12(13)14(23)22-16-7-4-15(5-8-16,6-9-16)17(19,20)21/h2-3,10H,4-9H2,1H3,(H,22,23). The smallest absolute Gasteiger partial charge is 0.347 e. The van der Waals surface area contributed by atoms with E-state index in [0.717, 1.165) is 6.26 Å². The maximum atomic E-state index is 13.3. The zero-order chi connectivity index (χ0) is 19.4. The molecule has 0 atom stereocenters. The van der Waals surface area contributed by atoms with Crippen molar-refractivity contribution >= 4 is 27.3 Å². The summed E-state index contributed by atoms with van der Waals surface area (Å²) in [7, 11) is -3.65. The molecule has 3 saturated carbocycles. The van der Waals surface area contributed by atoms with Crippen molar-refractivity contribution in [2.75, 3.05) is 6.26 Å². The number of rotatable bonds is 3. The van der Waals surface area contributed by atoms with Crippen LogP contribution in [0, 0.1) is 5.41 Å². The second kappa shape index (κ2) is 6.12. The van der Waals surface area contributed by atoms with E-state index in [2.05, 4.69) is 5.32 Å². The van der Waals surface area contributed by atoms with Crippen LogP contribution in [-0.2, 0) is 9.84 Å². The van der Waals surface area contributed by atoms with Crippen molar-refractivity contribution in [1.29, 1.82) is 0 Å². The number of hydrogen-bond acceptors (Lipinski definition) is 3. The lowest BCUT2D eigenvalue weighted by molar-refractivity contribution is -0.253. The van der Waals surface area contributed by atoms with Crippen LogP contribution in [0.3, 0.4) is 0 Å². The molecule has 0 spiro atoms. The van der Waals surface area contributed by atoms with Crippen LogP contribution in [-0.4, -0.2) is 32.3 Å². The Hall–Kier alpha value is -1.28. The molecule has 4 nitrogen and oxygen atoms in total. The molecule has 3 aliphatic rings. The van der Waals surface area contributed by atoms with Crippen LogP contribution in [0.25, 0.3) is 0 Å². The Morgan fingerprint density at radius 3 is 2.12 bits per heavy atom. The van der Waals surface area contributed by atoms with Crippen LogP contribution < -0.4 is 5.32 Å². The third-order valence-corrected chi connectivity index (χ3v) is 7.20. The SMILES string of the molecule is CS(=O)(=O)c1ccc(Cl)cc1C(=O)NC12CCC(C(F)(F)F)(CC1)CC2. The van der Waals surface area contributed by atoms with Crippen LogP contribution in [0.5, 0.6) is 0 Å². The van der Waals surface area contributed by atoms with Gasteiger partial charge in [0.25, 0.3) is 5.91 Å². The van der Waals surface area contributed by atoms with Crippen molar-refractivity contribution in [3.8, 4) is 0 Å². The molecule has 0 heterocycles. The number of fused-ring (bicyclic) bond motifs is 3. The molecule has 4 rings (SSSR count). The molecule has 9 heteroatoms. The van der Waals surface area contributed by atoms with E-state index in [9.17, 15) is 26.4 Å².